The highest BCUT2D eigenvalue weighted by molar-refractivity contribution is 7.88. The SMILES string of the molecule is CS(=O)(=O)NCC1CCCN(C(=O)c2csc(COc3ccc(Cl)cc3)n2)C1. The van der Waals surface area contributed by atoms with Crippen LogP contribution in [0.3, 0.4) is 0 Å². The molecule has 1 aliphatic rings. The lowest BCUT2D eigenvalue weighted by Gasteiger charge is -2.32. The first-order valence-corrected chi connectivity index (χ1v) is 12.0. The fourth-order valence-corrected chi connectivity index (χ4v) is 4.34. The van der Waals surface area contributed by atoms with Crippen LogP contribution in [0.15, 0.2) is 29.6 Å². The molecule has 1 amide bonds. The third-order valence-corrected chi connectivity index (χ3v) is 6.15. The van der Waals surface area contributed by atoms with E-state index in [1.54, 1.807) is 34.5 Å². The summed E-state index contributed by atoms with van der Waals surface area (Å²) in [5.41, 5.74) is 0.399. The highest BCUT2D eigenvalue weighted by atomic mass is 35.5. The second-order valence-electron chi connectivity index (χ2n) is 6.75. The second-order valence-corrected chi connectivity index (χ2v) is 9.96. The number of benzene rings is 1. The number of rotatable bonds is 7. The standard InChI is InChI=1S/C18H22ClN3O4S2/c1-28(24,25)20-9-13-3-2-8-22(10-13)18(23)16-12-27-17(21-16)11-26-15-6-4-14(19)5-7-15/h4-7,12-13,20H,2-3,8-11H2,1H3. The first-order valence-electron chi connectivity index (χ1n) is 8.87. The van der Waals surface area contributed by atoms with Crippen molar-refractivity contribution in [2.24, 2.45) is 5.92 Å². The van der Waals surface area contributed by atoms with Crippen LogP contribution in [0.4, 0.5) is 0 Å². The molecule has 1 saturated heterocycles. The Labute approximate surface area is 173 Å². The lowest BCUT2D eigenvalue weighted by Crippen LogP contribution is -2.43. The monoisotopic (exact) mass is 443 g/mol. The molecular formula is C18H22ClN3O4S2. The maximum Gasteiger partial charge on any atom is 0.273 e. The van der Waals surface area contributed by atoms with Crippen molar-refractivity contribution in [2.75, 3.05) is 25.9 Å². The molecule has 152 valence electrons. The molecule has 0 radical (unpaired) electrons. The molecule has 7 nitrogen and oxygen atoms in total. The normalized spacial score (nSPS) is 17.5. The second kappa shape index (κ2) is 9.21. The first-order chi connectivity index (χ1) is 13.3. The van der Waals surface area contributed by atoms with E-state index in [-0.39, 0.29) is 18.4 Å². The van der Waals surface area contributed by atoms with Crippen LogP contribution in [0.25, 0.3) is 0 Å². The van der Waals surface area contributed by atoms with Gasteiger partial charge in [0.1, 0.15) is 23.1 Å². The van der Waals surface area contributed by atoms with E-state index < -0.39 is 10.0 Å². The van der Waals surface area contributed by atoms with Gasteiger partial charge in [-0.2, -0.15) is 0 Å². The number of carbonyl (C=O) groups is 1. The van der Waals surface area contributed by atoms with Gasteiger partial charge < -0.3 is 9.64 Å². The molecule has 1 aromatic heterocycles. The Morgan fingerprint density at radius 3 is 2.86 bits per heavy atom. The minimum atomic E-state index is -3.23. The number of hydrogen-bond donors (Lipinski definition) is 1. The zero-order chi connectivity index (χ0) is 20.1. The molecule has 1 N–H and O–H groups in total. The molecule has 10 heteroatoms. The fourth-order valence-electron chi connectivity index (χ4n) is 3.00. The zero-order valence-electron chi connectivity index (χ0n) is 15.4. The molecule has 1 atom stereocenters. The van der Waals surface area contributed by atoms with E-state index in [1.807, 2.05) is 0 Å². The van der Waals surface area contributed by atoms with Gasteiger partial charge >= 0.3 is 0 Å². The number of sulfonamides is 1. The lowest BCUT2D eigenvalue weighted by atomic mass is 9.98. The number of hydrogen-bond acceptors (Lipinski definition) is 6. The van der Waals surface area contributed by atoms with Crippen molar-refractivity contribution >= 4 is 38.9 Å². The Morgan fingerprint density at radius 2 is 2.14 bits per heavy atom. The van der Waals surface area contributed by atoms with Crippen molar-refractivity contribution in [1.82, 2.24) is 14.6 Å². The molecule has 0 aliphatic carbocycles. The van der Waals surface area contributed by atoms with Gasteiger partial charge in [-0.05, 0) is 43.0 Å². The number of halogens is 1. The van der Waals surface area contributed by atoms with E-state index in [1.165, 1.54) is 11.3 Å². The summed E-state index contributed by atoms with van der Waals surface area (Å²) in [6.07, 6.45) is 2.88. The third-order valence-electron chi connectivity index (χ3n) is 4.39. The van der Waals surface area contributed by atoms with Crippen molar-refractivity contribution < 1.29 is 17.9 Å². The Hall–Kier alpha value is -1.68. The number of piperidine rings is 1. The summed E-state index contributed by atoms with van der Waals surface area (Å²) in [5.74, 6) is 0.668. The zero-order valence-corrected chi connectivity index (χ0v) is 17.8. The Balaban J connectivity index is 1.54. The van der Waals surface area contributed by atoms with Crippen LogP contribution in [0.2, 0.25) is 5.02 Å². The molecule has 1 unspecified atom stereocenters. The number of amides is 1. The number of nitrogens with zero attached hydrogens (tertiary/aromatic N) is 2. The predicted octanol–water partition coefficient (Wildman–Crippen LogP) is 2.78. The predicted molar refractivity (Wildman–Crippen MR) is 109 cm³/mol. The van der Waals surface area contributed by atoms with Gasteiger partial charge in [0.2, 0.25) is 10.0 Å². The van der Waals surface area contributed by atoms with Crippen molar-refractivity contribution in [3.05, 3.63) is 45.4 Å². The number of thiazole rings is 1. The molecular weight excluding hydrogens is 422 g/mol. The maximum absolute atomic E-state index is 12.7. The number of aromatic nitrogens is 1. The minimum absolute atomic E-state index is 0.110. The Kier molecular flexibility index (Phi) is 6.92. The minimum Gasteiger partial charge on any atom is -0.486 e. The van der Waals surface area contributed by atoms with Crippen LogP contribution in [0.5, 0.6) is 5.75 Å². The average Bonchev–Trinajstić information content (AvgIpc) is 3.14. The van der Waals surface area contributed by atoms with Gasteiger partial charge in [0.25, 0.3) is 5.91 Å². The summed E-state index contributed by atoms with van der Waals surface area (Å²) < 4.78 is 30.7. The number of nitrogens with one attached hydrogen (secondary N) is 1. The molecule has 0 bridgehead atoms. The van der Waals surface area contributed by atoms with Gasteiger partial charge in [-0.25, -0.2) is 18.1 Å². The van der Waals surface area contributed by atoms with Gasteiger partial charge in [0.15, 0.2) is 0 Å². The van der Waals surface area contributed by atoms with Crippen molar-refractivity contribution in [3.63, 3.8) is 0 Å². The topological polar surface area (TPSA) is 88.6 Å². The van der Waals surface area contributed by atoms with Crippen LogP contribution in [0, 0.1) is 5.92 Å². The van der Waals surface area contributed by atoms with Gasteiger partial charge in [0.05, 0.1) is 6.26 Å². The molecule has 1 aromatic carbocycles. The highest BCUT2D eigenvalue weighted by Gasteiger charge is 2.26. The van der Waals surface area contributed by atoms with Crippen molar-refractivity contribution in [1.29, 1.82) is 0 Å². The van der Waals surface area contributed by atoms with E-state index in [0.717, 1.165) is 19.1 Å². The van der Waals surface area contributed by atoms with Crippen LogP contribution >= 0.6 is 22.9 Å². The number of carbonyl (C=O) groups excluding carboxylic acids is 1. The first kappa shape index (κ1) is 21.0. The van der Waals surface area contributed by atoms with Crippen LogP contribution in [-0.2, 0) is 16.6 Å². The molecule has 0 saturated carbocycles. The maximum atomic E-state index is 12.7. The summed E-state index contributed by atoms with van der Waals surface area (Å²) in [5, 5.41) is 3.09. The molecule has 2 aromatic rings. The van der Waals surface area contributed by atoms with E-state index in [0.29, 0.717) is 41.1 Å². The van der Waals surface area contributed by atoms with Gasteiger partial charge in [-0.3, -0.25) is 4.79 Å². The van der Waals surface area contributed by atoms with E-state index in [2.05, 4.69) is 9.71 Å². The largest absolute Gasteiger partial charge is 0.486 e. The van der Waals surface area contributed by atoms with E-state index in [4.69, 9.17) is 16.3 Å². The summed E-state index contributed by atoms with van der Waals surface area (Å²) in [6, 6.07) is 7.05. The number of likely N-dealkylation sites (tertiary alicyclic amines) is 1. The average molecular weight is 444 g/mol. The lowest BCUT2D eigenvalue weighted by molar-refractivity contribution is 0.0671. The quantitative estimate of drug-likeness (QED) is 0.710. The summed E-state index contributed by atoms with van der Waals surface area (Å²) >= 11 is 7.23. The molecule has 1 fully saturated rings. The van der Waals surface area contributed by atoms with Crippen LogP contribution in [-0.4, -0.2) is 50.1 Å². The van der Waals surface area contributed by atoms with Gasteiger partial charge in [0, 0.05) is 30.0 Å². The molecule has 2 heterocycles. The third kappa shape index (κ3) is 6.16. The fraction of sp³-hybridized carbons (Fsp3) is 0.444. The molecule has 1 aliphatic heterocycles. The van der Waals surface area contributed by atoms with E-state index >= 15 is 0 Å². The summed E-state index contributed by atoms with van der Waals surface area (Å²) in [4.78, 5) is 18.9. The van der Waals surface area contributed by atoms with Gasteiger partial charge in [-0.15, -0.1) is 11.3 Å². The molecule has 28 heavy (non-hydrogen) atoms. The Morgan fingerprint density at radius 1 is 1.39 bits per heavy atom. The summed E-state index contributed by atoms with van der Waals surface area (Å²) in [6.45, 7) is 1.80. The van der Waals surface area contributed by atoms with Crippen LogP contribution < -0.4 is 9.46 Å². The Bertz CT molecular complexity index is 915. The number of ether oxygens (including phenoxy) is 1. The van der Waals surface area contributed by atoms with Gasteiger partial charge in [-0.1, -0.05) is 11.6 Å². The van der Waals surface area contributed by atoms with Crippen LogP contribution in [0.1, 0.15) is 28.3 Å². The molecule has 3 rings (SSSR count). The summed E-state index contributed by atoms with van der Waals surface area (Å²) in [7, 11) is -3.23. The van der Waals surface area contributed by atoms with Crippen molar-refractivity contribution in [2.45, 2.75) is 19.4 Å². The molecule has 0 spiro atoms. The smallest absolute Gasteiger partial charge is 0.273 e. The van der Waals surface area contributed by atoms with Crippen molar-refractivity contribution in [3.8, 4) is 5.75 Å². The highest BCUT2D eigenvalue weighted by Crippen LogP contribution is 2.21. The van der Waals surface area contributed by atoms with E-state index in [9.17, 15) is 13.2 Å².